The molecule has 1 aliphatic rings. The van der Waals surface area contributed by atoms with E-state index in [0.29, 0.717) is 6.04 Å². The fourth-order valence-electron chi connectivity index (χ4n) is 1.79. The Balaban J connectivity index is 1.79. The van der Waals surface area contributed by atoms with Crippen LogP contribution in [0.5, 0.6) is 0 Å². The molecule has 1 heterocycles. The third-order valence-corrected chi connectivity index (χ3v) is 3.84. The van der Waals surface area contributed by atoms with Crippen LogP contribution in [0, 0.1) is 0 Å². The van der Waals surface area contributed by atoms with Crippen LogP contribution in [0.15, 0.2) is 29.6 Å². The summed E-state index contributed by atoms with van der Waals surface area (Å²) in [6, 6.07) is 9.37. The molecule has 0 atom stereocenters. The zero-order valence-electron chi connectivity index (χ0n) is 9.94. The van der Waals surface area contributed by atoms with Crippen LogP contribution in [0.1, 0.15) is 25.3 Å². The van der Waals surface area contributed by atoms with Crippen molar-refractivity contribution in [3.8, 4) is 11.3 Å². The number of aromatic nitrogens is 1. The number of thiazole rings is 1. The number of hydrogen-bond acceptors (Lipinski definition) is 3. The van der Waals surface area contributed by atoms with E-state index < -0.39 is 0 Å². The minimum atomic E-state index is 0.677. The minimum absolute atomic E-state index is 0.677. The molecule has 0 amide bonds. The topological polar surface area (TPSA) is 24.9 Å². The summed E-state index contributed by atoms with van der Waals surface area (Å²) >= 11 is 1.70. The minimum Gasteiger partial charge on any atom is -0.359 e. The van der Waals surface area contributed by atoms with Crippen molar-refractivity contribution in [3.05, 3.63) is 35.2 Å². The lowest BCUT2D eigenvalue weighted by Gasteiger charge is -2.00. The molecule has 3 rings (SSSR count). The monoisotopic (exact) mass is 244 g/mol. The van der Waals surface area contributed by atoms with E-state index >= 15 is 0 Å². The molecule has 0 spiro atoms. The summed E-state index contributed by atoms with van der Waals surface area (Å²) in [4.78, 5) is 4.62. The lowest BCUT2D eigenvalue weighted by atomic mass is 10.1. The Kier molecular flexibility index (Phi) is 2.85. The van der Waals surface area contributed by atoms with Gasteiger partial charge in [0.2, 0.25) is 0 Å². The van der Waals surface area contributed by atoms with Crippen LogP contribution in [-0.4, -0.2) is 11.0 Å². The van der Waals surface area contributed by atoms with Gasteiger partial charge in [0.25, 0.3) is 0 Å². The van der Waals surface area contributed by atoms with Crippen molar-refractivity contribution >= 4 is 16.5 Å². The van der Waals surface area contributed by atoms with Crippen LogP contribution in [-0.2, 0) is 6.42 Å². The van der Waals surface area contributed by atoms with E-state index in [2.05, 4.69) is 46.9 Å². The first-order chi connectivity index (χ1) is 8.35. The molecule has 2 aromatic rings. The van der Waals surface area contributed by atoms with E-state index in [1.54, 1.807) is 11.3 Å². The summed E-state index contributed by atoms with van der Waals surface area (Å²) in [5, 5.41) is 6.62. The maximum absolute atomic E-state index is 4.62. The third-order valence-electron chi connectivity index (χ3n) is 3.07. The van der Waals surface area contributed by atoms with Crippen molar-refractivity contribution in [2.45, 2.75) is 32.2 Å². The van der Waals surface area contributed by atoms with E-state index in [4.69, 9.17) is 0 Å². The van der Waals surface area contributed by atoms with Crippen molar-refractivity contribution in [3.63, 3.8) is 0 Å². The van der Waals surface area contributed by atoms with Gasteiger partial charge in [0, 0.05) is 17.0 Å². The lowest BCUT2D eigenvalue weighted by Crippen LogP contribution is -1.99. The van der Waals surface area contributed by atoms with Gasteiger partial charge < -0.3 is 5.32 Å². The van der Waals surface area contributed by atoms with E-state index in [1.807, 2.05) is 0 Å². The fourth-order valence-corrected chi connectivity index (χ4v) is 2.58. The maximum atomic E-state index is 4.62. The standard InChI is InChI=1S/C14H16N2S/c1-2-10-3-5-11(6-4-10)13-9-17-14(16-13)15-12-7-8-12/h3-6,9,12H,2,7-8H2,1H3,(H,15,16). The summed E-state index contributed by atoms with van der Waals surface area (Å²) in [5.74, 6) is 0. The molecule has 0 bridgehead atoms. The smallest absolute Gasteiger partial charge is 0.183 e. The molecule has 1 saturated carbocycles. The van der Waals surface area contributed by atoms with Gasteiger partial charge in [-0.15, -0.1) is 11.3 Å². The van der Waals surface area contributed by atoms with Crippen molar-refractivity contribution in [2.24, 2.45) is 0 Å². The Hall–Kier alpha value is -1.35. The largest absolute Gasteiger partial charge is 0.359 e. The second kappa shape index (κ2) is 4.49. The second-order valence-corrected chi connectivity index (χ2v) is 5.37. The number of nitrogens with zero attached hydrogens (tertiary/aromatic N) is 1. The van der Waals surface area contributed by atoms with Crippen molar-refractivity contribution in [2.75, 3.05) is 5.32 Å². The maximum Gasteiger partial charge on any atom is 0.183 e. The molecule has 1 fully saturated rings. The number of nitrogens with one attached hydrogen (secondary N) is 1. The van der Waals surface area contributed by atoms with Gasteiger partial charge in [0.1, 0.15) is 0 Å². The SMILES string of the molecule is CCc1ccc(-c2csc(NC3CC3)n2)cc1. The Morgan fingerprint density at radius 1 is 1.29 bits per heavy atom. The molecule has 88 valence electrons. The van der Waals surface area contributed by atoms with Gasteiger partial charge in [-0.2, -0.15) is 0 Å². The van der Waals surface area contributed by atoms with Crippen LogP contribution >= 0.6 is 11.3 Å². The number of anilines is 1. The van der Waals surface area contributed by atoms with Gasteiger partial charge in [0.15, 0.2) is 5.13 Å². The molecule has 2 nitrogen and oxygen atoms in total. The Morgan fingerprint density at radius 2 is 2.06 bits per heavy atom. The average molecular weight is 244 g/mol. The summed E-state index contributed by atoms with van der Waals surface area (Å²) < 4.78 is 0. The first-order valence-electron chi connectivity index (χ1n) is 6.16. The summed E-state index contributed by atoms with van der Waals surface area (Å²) in [6.45, 7) is 2.18. The van der Waals surface area contributed by atoms with Gasteiger partial charge in [-0.25, -0.2) is 4.98 Å². The Morgan fingerprint density at radius 3 is 2.71 bits per heavy atom. The van der Waals surface area contributed by atoms with Crippen LogP contribution in [0.4, 0.5) is 5.13 Å². The van der Waals surface area contributed by atoms with Crippen molar-refractivity contribution < 1.29 is 0 Å². The first-order valence-corrected chi connectivity index (χ1v) is 7.04. The predicted molar refractivity (Wildman–Crippen MR) is 73.6 cm³/mol. The molecule has 1 aromatic heterocycles. The summed E-state index contributed by atoms with van der Waals surface area (Å²) in [7, 11) is 0. The third kappa shape index (κ3) is 2.50. The first kappa shape index (κ1) is 10.8. The predicted octanol–water partition coefficient (Wildman–Crippen LogP) is 3.95. The molecule has 0 radical (unpaired) electrons. The molecule has 3 heteroatoms. The molecular weight excluding hydrogens is 228 g/mol. The molecule has 1 N–H and O–H groups in total. The van der Waals surface area contributed by atoms with E-state index in [1.165, 1.54) is 24.0 Å². The van der Waals surface area contributed by atoms with Gasteiger partial charge in [-0.3, -0.25) is 0 Å². The molecule has 1 aliphatic carbocycles. The summed E-state index contributed by atoms with van der Waals surface area (Å²) in [6.07, 6.45) is 3.67. The van der Waals surface area contributed by atoms with Crippen LogP contribution in [0.2, 0.25) is 0 Å². The molecular formula is C14H16N2S. The number of rotatable bonds is 4. The van der Waals surface area contributed by atoms with Crippen LogP contribution in [0.3, 0.4) is 0 Å². The number of benzene rings is 1. The highest BCUT2D eigenvalue weighted by Crippen LogP contribution is 2.29. The van der Waals surface area contributed by atoms with Gasteiger partial charge in [0.05, 0.1) is 5.69 Å². The highest BCUT2D eigenvalue weighted by atomic mass is 32.1. The van der Waals surface area contributed by atoms with Crippen molar-refractivity contribution in [1.82, 2.24) is 4.98 Å². The van der Waals surface area contributed by atoms with Gasteiger partial charge >= 0.3 is 0 Å². The highest BCUT2D eigenvalue weighted by molar-refractivity contribution is 7.14. The fraction of sp³-hybridized carbons (Fsp3) is 0.357. The lowest BCUT2D eigenvalue weighted by molar-refractivity contribution is 1.13. The number of hydrogen-bond donors (Lipinski definition) is 1. The van der Waals surface area contributed by atoms with Gasteiger partial charge in [-0.05, 0) is 24.8 Å². The van der Waals surface area contributed by atoms with Crippen LogP contribution in [0.25, 0.3) is 11.3 Å². The zero-order chi connectivity index (χ0) is 11.7. The molecule has 17 heavy (non-hydrogen) atoms. The van der Waals surface area contributed by atoms with Gasteiger partial charge in [-0.1, -0.05) is 31.2 Å². The van der Waals surface area contributed by atoms with E-state index in [9.17, 15) is 0 Å². The normalized spacial score (nSPS) is 14.9. The summed E-state index contributed by atoms with van der Waals surface area (Å²) in [5.41, 5.74) is 3.67. The van der Waals surface area contributed by atoms with E-state index in [-0.39, 0.29) is 0 Å². The second-order valence-electron chi connectivity index (χ2n) is 4.51. The average Bonchev–Trinajstić information content (AvgIpc) is 3.06. The number of aryl methyl sites for hydroxylation is 1. The quantitative estimate of drug-likeness (QED) is 0.881. The molecule has 0 unspecified atom stereocenters. The Labute approximate surface area is 106 Å². The van der Waals surface area contributed by atoms with Crippen molar-refractivity contribution in [1.29, 1.82) is 0 Å². The highest BCUT2D eigenvalue weighted by Gasteiger charge is 2.21. The molecule has 0 aliphatic heterocycles. The van der Waals surface area contributed by atoms with Crippen LogP contribution < -0.4 is 5.32 Å². The van der Waals surface area contributed by atoms with E-state index in [0.717, 1.165) is 17.2 Å². The molecule has 0 saturated heterocycles. The zero-order valence-corrected chi connectivity index (χ0v) is 10.8. The molecule has 1 aromatic carbocycles. The Bertz CT molecular complexity index is 497.